The SMILES string of the molecule is C=C(/C=C(\C=C(/C)Cc1ccccc1C1=C(C)/C(C)=C/c2ccccc2C/C=C\1c1ccc(-n2c3c(c4cc(-c5ccc6c(c5)c5ccccc5n6-c5nc(-c6ccccc6)c6ccc7ccccc7c6n5)ccc42)C=CC2=CC3=Nc3ccccc3C2)cc1)c1ccccc1)c1ccccc1. The van der Waals surface area contributed by atoms with Crippen molar-refractivity contribution in [3.8, 4) is 34.0 Å². The third kappa shape index (κ3) is 11.1. The van der Waals surface area contributed by atoms with Gasteiger partial charge in [0.25, 0.3) is 0 Å². The Labute approximate surface area is 594 Å². The fourth-order valence-electron chi connectivity index (χ4n) is 15.7. The number of allylic oxidation sites excluding steroid dienone is 13. The van der Waals surface area contributed by atoms with Crippen molar-refractivity contribution < 1.29 is 0 Å². The molecular weight excluding hydrogens is 1240 g/mol. The molecular formula is C97H71N5. The summed E-state index contributed by atoms with van der Waals surface area (Å²) >= 11 is 0. The van der Waals surface area contributed by atoms with Crippen LogP contribution < -0.4 is 0 Å². The molecule has 5 heteroatoms. The summed E-state index contributed by atoms with van der Waals surface area (Å²) in [5, 5.41) is 6.69. The molecule has 0 fully saturated rings. The summed E-state index contributed by atoms with van der Waals surface area (Å²) < 4.78 is 4.72. The van der Waals surface area contributed by atoms with Crippen LogP contribution in [0, 0.1) is 0 Å². The minimum absolute atomic E-state index is 0.637. The lowest BCUT2D eigenvalue weighted by Gasteiger charge is -2.21. The minimum atomic E-state index is 0.637. The van der Waals surface area contributed by atoms with Crippen molar-refractivity contribution in [2.75, 3.05) is 0 Å². The summed E-state index contributed by atoms with van der Waals surface area (Å²) in [4.78, 5) is 16.5. The van der Waals surface area contributed by atoms with Crippen LogP contribution in [0.5, 0.6) is 0 Å². The van der Waals surface area contributed by atoms with Crippen molar-refractivity contribution >= 4 is 100 Å². The molecule has 3 aliphatic rings. The van der Waals surface area contributed by atoms with Gasteiger partial charge in [0.05, 0.1) is 44.9 Å². The first kappa shape index (κ1) is 61.5. The van der Waals surface area contributed by atoms with E-state index in [1.54, 1.807) is 0 Å². The van der Waals surface area contributed by atoms with Crippen LogP contribution in [0.25, 0.3) is 123 Å². The number of hydrogen-bond acceptors (Lipinski definition) is 3. The van der Waals surface area contributed by atoms with E-state index in [1.165, 1.54) is 61.3 Å². The largest absolute Gasteiger partial charge is 0.307 e. The first-order chi connectivity index (χ1) is 50.2. The van der Waals surface area contributed by atoms with Gasteiger partial charge in [-0.05, 0) is 207 Å². The van der Waals surface area contributed by atoms with Crippen LogP contribution in [0.4, 0.5) is 5.69 Å². The van der Waals surface area contributed by atoms with E-state index in [0.29, 0.717) is 5.95 Å². The van der Waals surface area contributed by atoms with Gasteiger partial charge in [-0.2, -0.15) is 0 Å². The van der Waals surface area contributed by atoms with Gasteiger partial charge in [-0.3, -0.25) is 4.57 Å². The zero-order valence-electron chi connectivity index (χ0n) is 57.2. The molecule has 3 aromatic heterocycles. The van der Waals surface area contributed by atoms with Crippen molar-refractivity contribution in [2.24, 2.45) is 4.99 Å². The molecule has 5 nitrogen and oxygen atoms in total. The Morgan fingerprint density at radius 1 is 0.500 bits per heavy atom. The van der Waals surface area contributed by atoms with Crippen molar-refractivity contribution in [1.82, 2.24) is 19.1 Å². The highest BCUT2D eigenvalue weighted by Crippen LogP contribution is 2.45. The van der Waals surface area contributed by atoms with Gasteiger partial charge in [0.15, 0.2) is 0 Å². The normalized spacial score (nSPS) is 15.6. The molecule has 15 aromatic rings. The maximum atomic E-state index is 5.58. The molecule has 0 saturated carbocycles. The Balaban J connectivity index is 0.765. The van der Waals surface area contributed by atoms with E-state index in [-0.39, 0.29) is 0 Å². The molecule has 0 N–H and O–H groups in total. The maximum absolute atomic E-state index is 5.58. The fraction of sp³-hybridized carbons (Fsp3) is 0.0619. The number of aromatic nitrogens is 4. The second-order valence-corrected chi connectivity index (χ2v) is 27.3. The highest BCUT2D eigenvalue weighted by atomic mass is 15.2. The third-order valence-corrected chi connectivity index (χ3v) is 20.9. The summed E-state index contributed by atoms with van der Waals surface area (Å²) in [7, 11) is 0. The number of aliphatic imine (C=N–C) groups is 1. The maximum Gasteiger partial charge on any atom is 0.235 e. The van der Waals surface area contributed by atoms with E-state index in [4.69, 9.17) is 15.0 Å². The molecule has 1 aliphatic heterocycles. The van der Waals surface area contributed by atoms with E-state index < -0.39 is 0 Å². The Morgan fingerprint density at radius 2 is 1.15 bits per heavy atom. The molecule has 12 aromatic carbocycles. The second kappa shape index (κ2) is 25.8. The summed E-state index contributed by atoms with van der Waals surface area (Å²) in [6, 6.07) is 103. The van der Waals surface area contributed by atoms with Crippen LogP contribution in [0.3, 0.4) is 0 Å². The van der Waals surface area contributed by atoms with Crippen LogP contribution in [0.2, 0.25) is 0 Å². The average Bonchev–Trinajstić information content (AvgIpc) is 1.54. The number of para-hydroxylation sites is 2. The molecule has 18 rings (SSSR count). The summed E-state index contributed by atoms with van der Waals surface area (Å²) in [5.74, 6) is 0.637. The summed E-state index contributed by atoms with van der Waals surface area (Å²) in [5.41, 5.74) is 32.7. The van der Waals surface area contributed by atoms with Gasteiger partial charge in [0.2, 0.25) is 5.95 Å². The van der Waals surface area contributed by atoms with Gasteiger partial charge in [0, 0.05) is 43.7 Å². The molecule has 0 atom stereocenters. The molecule has 2 bridgehead atoms. The van der Waals surface area contributed by atoms with E-state index >= 15 is 0 Å². The van der Waals surface area contributed by atoms with E-state index in [0.717, 1.165) is 152 Å². The second-order valence-electron chi connectivity index (χ2n) is 27.3. The standard InChI is InChI=1S/C97H71N5/c1-62(55-78(68-26-10-6-11-27-68)57-64(3)67-24-8-5-9-25-67)54-76-33-17-19-35-80(76)93-65(4)63(2)56-73-32-15-14-28-69(73)43-50-81(93)71-41-47-79(48-42-71)101-91-52-45-75(61-87(91)84-49-40-66-58-77-34-18-22-38-88(77)98-89(59-66)96(84)101)74-46-53-92-86(60-74)83-37-21-23-39-90(83)102(92)97-99-94(72-30-12-7-13-31-72)85-51-44-70-29-16-20-36-82(70)95(85)100-97/h5-42,44-53,55-57,59-61H,3,43,54,58H2,1-2,4H3/b62-55+,63-56+,78-57+,81-50-,93-65-. The topological polar surface area (TPSA) is 48.0 Å². The fourth-order valence-corrected chi connectivity index (χ4v) is 15.7. The third-order valence-electron chi connectivity index (χ3n) is 20.9. The number of benzene rings is 12. The molecule has 0 unspecified atom stereocenters. The summed E-state index contributed by atoms with van der Waals surface area (Å²) in [6.45, 7) is 11.4. The zero-order valence-corrected chi connectivity index (χ0v) is 57.2. The van der Waals surface area contributed by atoms with Crippen molar-refractivity contribution in [2.45, 2.75) is 40.0 Å². The van der Waals surface area contributed by atoms with Crippen LogP contribution in [-0.2, 0) is 19.3 Å². The van der Waals surface area contributed by atoms with Gasteiger partial charge in [-0.1, -0.05) is 273 Å². The van der Waals surface area contributed by atoms with Gasteiger partial charge in [-0.25, -0.2) is 15.0 Å². The van der Waals surface area contributed by atoms with Crippen LogP contribution in [0.15, 0.2) is 349 Å². The predicted octanol–water partition coefficient (Wildman–Crippen LogP) is 24.6. The molecule has 0 radical (unpaired) electrons. The minimum Gasteiger partial charge on any atom is -0.307 e. The van der Waals surface area contributed by atoms with Crippen LogP contribution in [0.1, 0.15) is 76.5 Å². The lowest BCUT2D eigenvalue weighted by atomic mass is 9.83. The predicted molar refractivity (Wildman–Crippen MR) is 431 cm³/mol. The lowest BCUT2D eigenvalue weighted by molar-refractivity contribution is 1.02. The quantitative estimate of drug-likeness (QED) is 0.0904. The molecule has 0 amide bonds. The first-order valence-electron chi connectivity index (χ1n) is 35.3. The lowest BCUT2D eigenvalue weighted by Crippen LogP contribution is -2.08. The van der Waals surface area contributed by atoms with Crippen molar-refractivity contribution in [3.05, 3.63) is 400 Å². The van der Waals surface area contributed by atoms with Gasteiger partial charge in [0.1, 0.15) is 0 Å². The first-order valence-corrected chi connectivity index (χ1v) is 35.3. The molecule has 4 heterocycles. The molecule has 0 saturated heterocycles. The number of fused-ring (bicyclic) bond motifs is 13. The van der Waals surface area contributed by atoms with Gasteiger partial charge >= 0.3 is 0 Å². The Kier molecular flexibility index (Phi) is 15.6. The van der Waals surface area contributed by atoms with E-state index in [9.17, 15) is 0 Å². The van der Waals surface area contributed by atoms with Gasteiger partial charge in [-0.15, -0.1) is 0 Å². The number of hydrogen-bond donors (Lipinski definition) is 0. The van der Waals surface area contributed by atoms with Crippen molar-refractivity contribution in [1.29, 1.82) is 0 Å². The molecule has 2 aliphatic carbocycles. The monoisotopic (exact) mass is 1310 g/mol. The highest BCUT2D eigenvalue weighted by Gasteiger charge is 2.28. The number of rotatable bonds is 12. The van der Waals surface area contributed by atoms with E-state index in [1.807, 2.05) is 0 Å². The van der Waals surface area contributed by atoms with Crippen LogP contribution >= 0.6 is 0 Å². The van der Waals surface area contributed by atoms with Crippen molar-refractivity contribution in [3.63, 3.8) is 0 Å². The Bertz CT molecular complexity index is 6220. The molecule has 0 spiro atoms. The zero-order chi connectivity index (χ0) is 68.4. The molecule has 484 valence electrons. The smallest absolute Gasteiger partial charge is 0.235 e. The molecule has 102 heavy (non-hydrogen) atoms. The highest BCUT2D eigenvalue weighted by molar-refractivity contribution is 6.19. The Hall–Kier alpha value is -12.8. The average molecular weight is 1310 g/mol. The Morgan fingerprint density at radius 3 is 1.95 bits per heavy atom. The van der Waals surface area contributed by atoms with E-state index in [2.05, 4.69) is 364 Å². The van der Waals surface area contributed by atoms with Crippen LogP contribution in [-0.4, -0.2) is 24.8 Å². The summed E-state index contributed by atoms with van der Waals surface area (Å²) in [6.07, 6.45) is 18.7. The van der Waals surface area contributed by atoms with Gasteiger partial charge < -0.3 is 4.57 Å². The number of nitrogens with zero attached hydrogens (tertiary/aromatic N) is 5.